The van der Waals surface area contributed by atoms with E-state index in [1.165, 1.54) is 5.56 Å². The van der Waals surface area contributed by atoms with E-state index in [4.69, 9.17) is 0 Å². The van der Waals surface area contributed by atoms with Gasteiger partial charge in [-0.25, -0.2) is 4.98 Å². The van der Waals surface area contributed by atoms with E-state index in [1.807, 2.05) is 31.2 Å². The van der Waals surface area contributed by atoms with Crippen LogP contribution >= 0.6 is 15.9 Å². The molecule has 3 nitrogen and oxygen atoms in total. The van der Waals surface area contributed by atoms with E-state index in [0.717, 1.165) is 22.3 Å². The molecular weight excluding hydrogens is 304 g/mol. The van der Waals surface area contributed by atoms with E-state index < -0.39 is 0 Å². The number of pyridine rings is 1. The molecule has 1 atom stereocenters. The van der Waals surface area contributed by atoms with Crippen LogP contribution in [0.2, 0.25) is 0 Å². The predicted molar refractivity (Wildman–Crippen MR) is 81.3 cm³/mol. The van der Waals surface area contributed by atoms with Crippen LogP contribution in [-0.2, 0) is 6.42 Å². The number of halogens is 1. The van der Waals surface area contributed by atoms with Gasteiger partial charge in [0.2, 0.25) is 0 Å². The fourth-order valence-corrected chi connectivity index (χ4v) is 2.24. The summed E-state index contributed by atoms with van der Waals surface area (Å²) in [5.74, 6) is 0.773. The average molecular weight is 321 g/mol. The van der Waals surface area contributed by atoms with Crippen LogP contribution in [-0.4, -0.2) is 22.7 Å². The Bertz CT molecular complexity index is 531. The highest BCUT2D eigenvalue weighted by atomic mass is 79.9. The molecule has 0 saturated carbocycles. The molecule has 0 radical (unpaired) electrons. The van der Waals surface area contributed by atoms with Crippen LogP contribution < -0.4 is 5.32 Å². The van der Waals surface area contributed by atoms with Crippen molar-refractivity contribution in [2.24, 2.45) is 0 Å². The van der Waals surface area contributed by atoms with Gasteiger partial charge in [0.05, 0.1) is 17.1 Å². The number of rotatable bonds is 5. The maximum absolute atomic E-state index is 9.50. The standard InChI is InChI=1S/C15H17BrN2O/c1-11-7-8-17-15(14(11)16)18-13(10-19)9-12-5-3-2-4-6-12/h2-8,13,19H,9-10H2,1H3,(H,17,18). The molecular formula is C15H17BrN2O. The van der Waals surface area contributed by atoms with Crippen molar-refractivity contribution in [1.29, 1.82) is 0 Å². The van der Waals surface area contributed by atoms with Gasteiger partial charge in [0.15, 0.2) is 0 Å². The van der Waals surface area contributed by atoms with Crippen LogP contribution in [0.5, 0.6) is 0 Å². The molecule has 2 rings (SSSR count). The van der Waals surface area contributed by atoms with Crippen molar-refractivity contribution in [2.45, 2.75) is 19.4 Å². The summed E-state index contributed by atoms with van der Waals surface area (Å²) in [5, 5.41) is 12.8. The van der Waals surface area contributed by atoms with Crippen LogP contribution in [0, 0.1) is 6.92 Å². The lowest BCUT2D eigenvalue weighted by Crippen LogP contribution is -2.27. The minimum atomic E-state index is -0.0481. The highest BCUT2D eigenvalue weighted by molar-refractivity contribution is 9.10. The normalized spacial score (nSPS) is 12.2. The van der Waals surface area contributed by atoms with E-state index in [0.29, 0.717) is 0 Å². The minimum absolute atomic E-state index is 0.0481. The Kier molecular flexibility index (Phi) is 4.93. The zero-order valence-electron chi connectivity index (χ0n) is 10.8. The Morgan fingerprint density at radius 2 is 2.00 bits per heavy atom. The zero-order valence-corrected chi connectivity index (χ0v) is 12.4. The molecule has 1 aromatic carbocycles. The highest BCUT2D eigenvalue weighted by Crippen LogP contribution is 2.24. The van der Waals surface area contributed by atoms with Crippen LogP contribution in [0.15, 0.2) is 47.1 Å². The number of hydrogen-bond donors (Lipinski definition) is 2. The third kappa shape index (κ3) is 3.78. The van der Waals surface area contributed by atoms with Gasteiger partial charge in [0.25, 0.3) is 0 Å². The van der Waals surface area contributed by atoms with Crippen molar-refractivity contribution in [2.75, 3.05) is 11.9 Å². The number of anilines is 1. The zero-order chi connectivity index (χ0) is 13.7. The minimum Gasteiger partial charge on any atom is -0.394 e. The van der Waals surface area contributed by atoms with Crippen LogP contribution in [0.1, 0.15) is 11.1 Å². The Labute approximate surface area is 121 Å². The molecule has 2 aromatic rings. The molecule has 1 aromatic heterocycles. The fourth-order valence-electron chi connectivity index (χ4n) is 1.89. The summed E-state index contributed by atoms with van der Waals surface area (Å²) in [6.07, 6.45) is 2.53. The first-order valence-corrected chi connectivity index (χ1v) is 7.02. The number of aryl methyl sites for hydroxylation is 1. The second-order valence-corrected chi connectivity index (χ2v) is 5.30. The monoisotopic (exact) mass is 320 g/mol. The van der Waals surface area contributed by atoms with E-state index in [9.17, 15) is 5.11 Å². The molecule has 1 unspecified atom stereocenters. The smallest absolute Gasteiger partial charge is 0.140 e. The summed E-state index contributed by atoms with van der Waals surface area (Å²) < 4.78 is 0.946. The summed E-state index contributed by atoms with van der Waals surface area (Å²) >= 11 is 3.52. The van der Waals surface area contributed by atoms with Crippen molar-refractivity contribution in [3.05, 3.63) is 58.2 Å². The number of benzene rings is 1. The van der Waals surface area contributed by atoms with Gasteiger partial charge in [-0.2, -0.15) is 0 Å². The topological polar surface area (TPSA) is 45.2 Å². The van der Waals surface area contributed by atoms with Crippen molar-refractivity contribution in [3.8, 4) is 0 Å². The molecule has 1 heterocycles. The first-order valence-electron chi connectivity index (χ1n) is 6.23. The molecule has 0 aliphatic heterocycles. The summed E-state index contributed by atoms with van der Waals surface area (Å²) in [7, 11) is 0. The van der Waals surface area contributed by atoms with Gasteiger partial charge >= 0.3 is 0 Å². The quantitative estimate of drug-likeness (QED) is 0.889. The van der Waals surface area contributed by atoms with Crippen LogP contribution in [0.4, 0.5) is 5.82 Å². The second-order valence-electron chi connectivity index (χ2n) is 4.50. The van der Waals surface area contributed by atoms with E-state index >= 15 is 0 Å². The summed E-state index contributed by atoms with van der Waals surface area (Å²) in [5.41, 5.74) is 2.31. The van der Waals surface area contributed by atoms with Crippen molar-refractivity contribution < 1.29 is 5.11 Å². The molecule has 2 N–H and O–H groups in total. The maximum Gasteiger partial charge on any atom is 0.140 e. The second kappa shape index (κ2) is 6.68. The third-order valence-corrected chi connectivity index (χ3v) is 3.97. The molecule has 0 amide bonds. The van der Waals surface area contributed by atoms with E-state index in [2.05, 4.69) is 38.4 Å². The number of aliphatic hydroxyl groups excluding tert-OH is 1. The van der Waals surface area contributed by atoms with Gasteiger partial charge in [0.1, 0.15) is 5.82 Å². The molecule has 0 aliphatic rings. The Balaban J connectivity index is 2.09. The number of nitrogens with one attached hydrogen (secondary N) is 1. The average Bonchev–Trinajstić information content (AvgIpc) is 2.44. The van der Waals surface area contributed by atoms with Crippen molar-refractivity contribution in [1.82, 2.24) is 4.98 Å². The maximum atomic E-state index is 9.50. The van der Waals surface area contributed by atoms with Crippen molar-refractivity contribution >= 4 is 21.7 Å². The van der Waals surface area contributed by atoms with E-state index in [-0.39, 0.29) is 12.6 Å². The van der Waals surface area contributed by atoms with Crippen LogP contribution in [0.25, 0.3) is 0 Å². The summed E-state index contributed by atoms with van der Waals surface area (Å²) in [6, 6.07) is 12.0. The van der Waals surface area contributed by atoms with Gasteiger partial charge < -0.3 is 10.4 Å². The number of nitrogens with zero attached hydrogens (tertiary/aromatic N) is 1. The molecule has 4 heteroatoms. The first kappa shape index (κ1) is 14.0. The van der Waals surface area contributed by atoms with Crippen molar-refractivity contribution in [3.63, 3.8) is 0 Å². The summed E-state index contributed by atoms with van der Waals surface area (Å²) in [6.45, 7) is 2.08. The van der Waals surface area contributed by atoms with Gasteiger partial charge in [0, 0.05) is 6.20 Å². The Hall–Kier alpha value is -1.39. The van der Waals surface area contributed by atoms with Gasteiger partial charge in [-0.3, -0.25) is 0 Å². The third-order valence-electron chi connectivity index (χ3n) is 2.97. The predicted octanol–water partition coefficient (Wildman–Crippen LogP) is 3.17. The van der Waals surface area contributed by atoms with Gasteiger partial charge in [-0.1, -0.05) is 30.3 Å². The number of aliphatic hydroxyl groups is 1. The SMILES string of the molecule is Cc1ccnc(NC(CO)Cc2ccccc2)c1Br. The molecule has 0 fully saturated rings. The lowest BCUT2D eigenvalue weighted by molar-refractivity contribution is 0.273. The summed E-state index contributed by atoms with van der Waals surface area (Å²) in [4.78, 5) is 4.30. The lowest BCUT2D eigenvalue weighted by Gasteiger charge is -2.18. The molecule has 100 valence electrons. The number of aromatic nitrogens is 1. The molecule has 19 heavy (non-hydrogen) atoms. The Morgan fingerprint density at radius 3 is 2.68 bits per heavy atom. The Morgan fingerprint density at radius 1 is 1.26 bits per heavy atom. The molecule has 0 saturated heterocycles. The molecule has 0 aliphatic carbocycles. The first-order chi connectivity index (χ1) is 9.20. The lowest BCUT2D eigenvalue weighted by atomic mass is 10.1. The fraction of sp³-hybridized carbons (Fsp3) is 0.267. The number of hydrogen-bond acceptors (Lipinski definition) is 3. The van der Waals surface area contributed by atoms with Crippen LogP contribution in [0.3, 0.4) is 0 Å². The van der Waals surface area contributed by atoms with Gasteiger partial charge in [-0.15, -0.1) is 0 Å². The molecule has 0 spiro atoms. The van der Waals surface area contributed by atoms with E-state index in [1.54, 1.807) is 6.20 Å². The molecule has 0 bridgehead atoms. The largest absolute Gasteiger partial charge is 0.394 e. The highest BCUT2D eigenvalue weighted by Gasteiger charge is 2.11. The van der Waals surface area contributed by atoms with Gasteiger partial charge in [-0.05, 0) is 46.5 Å².